The lowest BCUT2D eigenvalue weighted by Crippen LogP contribution is -2.38. The predicted molar refractivity (Wildman–Crippen MR) is 133 cm³/mol. The molecule has 3 aliphatic rings. The number of rotatable bonds is 1. The van der Waals surface area contributed by atoms with Crippen LogP contribution in [0.3, 0.4) is 0 Å². The predicted octanol–water partition coefficient (Wildman–Crippen LogP) is 8.17. The Balaban J connectivity index is 1.27. The number of halogens is 6. The number of alkyl halides is 3. The second-order valence-corrected chi connectivity index (χ2v) is 11.3. The Labute approximate surface area is 219 Å². The maximum atomic E-state index is 14.8. The van der Waals surface area contributed by atoms with Crippen LogP contribution in [-0.2, 0) is 4.74 Å². The van der Waals surface area contributed by atoms with Crippen LogP contribution in [0.15, 0.2) is 18.2 Å². The van der Waals surface area contributed by atoms with Gasteiger partial charge in [-0.3, -0.25) is 0 Å². The van der Waals surface area contributed by atoms with Gasteiger partial charge in [0.15, 0.2) is 5.82 Å². The topological polar surface area (TPSA) is 9.23 Å². The molecule has 1 saturated heterocycles. The zero-order chi connectivity index (χ0) is 27.0. The van der Waals surface area contributed by atoms with Gasteiger partial charge in [-0.15, -0.1) is 0 Å². The Bertz CT molecular complexity index is 1320. The molecule has 0 radical (unpaired) electrons. The summed E-state index contributed by atoms with van der Waals surface area (Å²) in [7, 11) is 0. The molecule has 1 nitrogen and oxygen atoms in total. The third-order valence-corrected chi connectivity index (χ3v) is 8.55. The molecule has 5 rings (SSSR count). The Kier molecular flexibility index (Phi) is 7.70. The van der Waals surface area contributed by atoms with Gasteiger partial charge in [0.2, 0.25) is 0 Å². The SMILES string of the molecule is CC1CCC(C2CCC3CC(C#Cc4cc(F)c5c(F)c(C#CC(F)(F)F)c(F)cc5c4)CCC3C2)OC1. The van der Waals surface area contributed by atoms with E-state index < -0.39 is 34.6 Å². The standard InChI is InChI=1S/C31H30F6O/c1-18-2-9-28(38-17-18)23-8-7-21-12-19(5-6-22(21)15-23)3-4-20-13-24-16-26(32)25(10-11-31(35,36)37)30(34)29(24)27(33)14-20/h13-14,16,18-19,21-23,28H,2,5-9,12,15,17H2,1H3. The molecule has 0 aromatic heterocycles. The van der Waals surface area contributed by atoms with Crippen molar-refractivity contribution in [2.24, 2.45) is 29.6 Å². The van der Waals surface area contributed by atoms with Crippen LogP contribution in [0.4, 0.5) is 26.3 Å². The first-order valence-corrected chi connectivity index (χ1v) is 13.4. The fourth-order valence-corrected chi connectivity index (χ4v) is 6.59. The molecule has 1 aliphatic heterocycles. The number of fused-ring (bicyclic) bond motifs is 2. The molecule has 7 heteroatoms. The minimum absolute atomic E-state index is 0.108. The second kappa shape index (κ2) is 10.9. The fourth-order valence-electron chi connectivity index (χ4n) is 6.59. The van der Waals surface area contributed by atoms with E-state index in [1.54, 1.807) is 0 Å². The quantitative estimate of drug-likeness (QED) is 0.266. The van der Waals surface area contributed by atoms with Crippen LogP contribution in [0.5, 0.6) is 0 Å². The van der Waals surface area contributed by atoms with E-state index in [0.29, 0.717) is 29.8 Å². The highest BCUT2D eigenvalue weighted by Gasteiger charge is 2.38. The molecular formula is C31H30F6O. The fraction of sp³-hybridized carbons (Fsp3) is 0.548. The normalized spacial score (nSPS) is 29.6. The van der Waals surface area contributed by atoms with Gasteiger partial charge in [0, 0.05) is 24.0 Å². The summed E-state index contributed by atoms with van der Waals surface area (Å²) >= 11 is 0. The van der Waals surface area contributed by atoms with Gasteiger partial charge in [-0.2, -0.15) is 13.2 Å². The monoisotopic (exact) mass is 532 g/mol. The van der Waals surface area contributed by atoms with Gasteiger partial charge in [-0.1, -0.05) is 24.7 Å². The van der Waals surface area contributed by atoms with E-state index >= 15 is 0 Å². The van der Waals surface area contributed by atoms with Crippen molar-refractivity contribution in [1.82, 2.24) is 0 Å². The van der Waals surface area contributed by atoms with Crippen LogP contribution in [-0.4, -0.2) is 18.9 Å². The molecule has 2 aliphatic carbocycles. The first kappa shape index (κ1) is 26.9. The highest BCUT2D eigenvalue weighted by Crippen LogP contribution is 2.46. The van der Waals surface area contributed by atoms with Crippen LogP contribution >= 0.6 is 0 Å². The molecule has 1 heterocycles. The van der Waals surface area contributed by atoms with Gasteiger partial charge in [0.05, 0.1) is 17.1 Å². The van der Waals surface area contributed by atoms with Crippen LogP contribution < -0.4 is 0 Å². The molecule has 2 aromatic carbocycles. The largest absolute Gasteiger partial charge is 0.458 e. The second-order valence-electron chi connectivity index (χ2n) is 11.3. The number of benzene rings is 2. The third kappa shape index (κ3) is 5.99. The molecule has 3 fully saturated rings. The average Bonchev–Trinajstić information content (AvgIpc) is 2.86. The van der Waals surface area contributed by atoms with Gasteiger partial charge in [-0.05, 0) is 98.6 Å². The summed E-state index contributed by atoms with van der Waals surface area (Å²) in [4.78, 5) is 0. The van der Waals surface area contributed by atoms with Gasteiger partial charge < -0.3 is 4.74 Å². The lowest BCUT2D eigenvalue weighted by molar-refractivity contribution is -0.0696. The first-order chi connectivity index (χ1) is 18.1. The molecule has 6 unspecified atom stereocenters. The minimum atomic E-state index is -4.92. The molecule has 38 heavy (non-hydrogen) atoms. The van der Waals surface area contributed by atoms with Crippen molar-refractivity contribution in [3.63, 3.8) is 0 Å². The van der Waals surface area contributed by atoms with Crippen molar-refractivity contribution >= 4 is 10.8 Å². The Hall–Kier alpha value is -2.64. The third-order valence-electron chi connectivity index (χ3n) is 8.55. The van der Waals surface area contributed by atoms with E-state index in [4.69, 9.17) is 4.74 Å². The van der Waals surface area contributed by atoms with Crippen molar-refractivity contribution in [2.75, 3.05) is 6.61 Å². The van der Waals surface area contributed by atoms with Crippen molar-refractivity contribution in [3.8, 4) is 23.7 Å². The number of hydrogen-bond acceptors (Lipinski definition) is 1. The Morgan fingerprint density at radius 3 is 2.29 bits per heavy atom. The summed E-state index contributed by atoms with van der Waals surface area (Å²) in [6.07, 6.45) is 4.51. The van der Waals surface area contributed by atoms with Crippen molar-refractivity contribution in [1.29, 1.82) is 0 Å². The van der Waals surface area contributed by atoms with E-state index in [0.717, 1.165) is 50.3 Å². The molecule has 0 amide bonds. The summed E-state index contributed by atoms with van der Waals surface area (Å²) in [5, 5.41) is -0.708. The van der Waals surface area contributed by atoms with E-state index in [9.17, 15) is 26.3 Å². The van der Waals surface area contributed by atoms with Crippen molar-refractivity contribution < 1.29 is 31.1 Å². The smallest absolute Gasteiger partial charge is 0.378 e. The molecule has 0 N–H and O–H groups in total. The maximum Gasteiger partial charge on any atom is 0.458 e. The summed E-state index contributed by atoms with van der Waals surface area (Å²) in [6, 6.07) is 3.20. The van der Waals surface area contributed by atoms with Crippen LogP contribution in [0, 0.1) is 70.7 Å². The number of hydrogen-bond donors (Lipinski definition) is 0. The van der Waals surface area contributed by atoms with E-state index in [2.05, 4.69) is 18.8 Å². The van der Waals surface area contributed by atoms with Crippen molar-refractivity contribution in [3.05, 3.63) is 46.8 Å². The van der Waals surface area contributed by atoms with Crippen LogP contribution in [0.25, 0.3) is 10.8 Å². The maximum absolute atomic E-state index is 14.8. The molecule has 0 bridgehead atoms. The van der Waals surface area contributed by atoms with Gasteiger partial charge in [0.1, 0.15) is 11.6 Å². The lowest BCUT2D eigenvalue weighted by atomic mass is 9.63. The molecule has 6 atom stereocenters. The van der Waals surface area contributed by atoms with Crippen LogP contribution in [0.1, 0.15) is 69.4 Å². The summed E-state index contributed by atoms with van der Waals surface area (Å²) in [5.74, 6) is 7.53. The molecule has 0 spiro atoms. The number of ether oxygens (including phenoxy) is 1. The molecule has 2 aromatic rings. The molecule has 2 saturated carbocycles. The molecular weight excluding hydrogens is 502 g/mol. The average molecular weight is 533 g/mol. The highest BCUT2D eigenvalue weighted by atomic mass is 19.4. The summed E-state index contributed by atoms with van der Waals surface area (Å²) < 4.78 is 87.1. The summed E-state index contributed by atoms with van der Waals surface area (Å²) in [5.41, 5.74) is -0.832. The summed E-state index contributed by atoms with van der Waals surface area (Å²) in [6.45, 7) is 3.11. The lowest BCUT2D eigenvalue weighted by Gasteiger charge is -2.44. The van der Waals surface area contributed by atoms with E-state index in [1.807, 2.05) is 0 Å². The van der Waals surface area contributed by atoms with E-state index in [-0.39, 0.29) is 16.9 Å². The van der Waals surface area contributed by atoms with Crippen molar-refractivity contribution in [2.45, 2.75) is 70.6 Å². The highest BCUT2D eigenvalue weighted by molar-refractivity contribution is 5.87. The van der Waals surface area contributed by atoms with Gasteiger partial charge >= 0.3 is 6.18 Å². The Morgan fingerprint density at radius 2 is 1.55 bits per heavy atom. The van der Waals surface area contributed by atoms with E-state index in [1.165, 1.54) is 37.7 Å². The minimum Gasteiger partial charge on any atom is -0.378 e. The zero-order valence-corrected chi connectivity index (χ0v) is 21.2. The Morgan fingerprint density at radius 1 is 0.816 bits per heavy atom. The van der Waals surface area contributed by atoms with Gasteiger partial charge in [-0.25, -0.2) is 13.2 Å². The first-order valence-electron chi connectivity index (χ1n) is 13.4. The zero-order valence-electron chi connectivity index (χ0n) is 21.2. The van der Waals surface area contributed by atoms with Crippen LogP contribution in [0.2, 0.25) is 0 Å². The molecule has 202 valence electrons. The van der Waals surface area contributed by atoms with Gasteiger partial charge in [0.25, 0.3) is 0 Å².